The van der Waals surface area contributed by atoms with E-state index in [1.165, 1.54) is 29.0 Å². The Kier molecular flexibility index (Phi) is 6.39. The number of rotatable bonds is 6. The number of hydrogen-bond acceptors (Lipinski definition) is 5. The summed E-state index contributed by atoms with van der Waals surface area (Å²) >= 11 is 0. The molecule has 1 aliphatic rings. The summed E-state index contributed by atoms with van der Waals surface area (Å²) in [6.45, 7) is 0.313. The molecule has 0 spiro atoms. The normalized spacial score (nSPS) is 14.7. The lowest BCUT2D eigenvalue weighted by molar-refractivity contribution is 0.0942. The zero-order valence-corrected chi connectivity index (χ0v) is 19.7. The molecule has 4 aromatic rings. The minimum absolute atomic E-state index is 0.107. The van der Waals surface area contributed by atoms with Crippen LogP contribution in [0.15, 0.2) is 102 Å². The number of pyridine rings is 2. The van der Waals surface area contributed by atoms with Gasteiger partial charge in [-0.3, -0.25) is 14.8 Å². The number of fused-ring (bicyclic) bond motifs is 1. The number of amides is 1. The van der Waals surface area contributed by atoms with Crippen molar-refractivity contribution < 1.29 is 13.6 Å². The predicted molar refractivity (Wildman–Crippen MR) is 133 cm³/mol. The summed E-state index contributed by atoms with van der Waals surface area (Å²) in [6.07, 6.45) is 5.67. The van der Waals surface area contributed by atoms with Gasteiger partial charge in [-0.25, -0.2) is 0 Å². The van der Waals surface area contributed by atoms with Crippen molar-refractivity contribution in [3.8, 4) is 0 Å². The molecule has 0 fully saturated rings. The fourth-order valence-corrected chi connectivity index (χ4v) is 5.75. The Hall–Kier alpha value is -3.88. The molecule has 176 valence electrons. The van der Waals surface area contributed by atoms with Gasteiger partial charge < -0.3 is 9.87 Å². The molecule has 1 atom stereocenters. The quantitative estimate of drug-likeness (QED) is 0.410. The van der Waals surface area contributed by atoms with Crippen molar-refractivity contribution in [2.75, 3.05) is 10.8 Å². The zero-order valence-electron chi connectivity index (χ0n) is 18.9. The Bertz CT molecular complexity index is 1330. The summed E-state index contributed by atoms with van der Waals surface area (Å²) in [5, 5.41) is 3.10. The monoisotopic (exact) mass is 484 g/mol. The number of anilines is 1. The van der Waals surface area contributed by atoms with Gasteiger partial charge in [0.05, 0.1) is 30.0 Å². The highest BCUT2D eigenvalue weighted by atomic mass is 32.3. The second kappa shape index (κ2) is 9.77. The molecular weight excluding hydrogens is 460 g/mol. The Labute approximate surface area is 205 Å². The molecule has 3 heterocycles. The Morgan fingerprint density at radius 1 is 0.971 bits per heavy atom. The van der Waals surface area contributed by atoms with E-state index in [2.05, 4.69) is 15.3 Å². The lowest BCUT2D eigenvalue weighted by Gasteiger charge is -2.33. The van der Waals surface area contributed by atoms with Crippen LogP contribution in [0, 0.1) is 0 Å². The first-order valence-electron chi connectivity index (χ1n) is 11.4. The summed E-state index contributed by atoms with van der Waals surface area (Å²) in [4.78, 5) is 21.9. The largest absolute Gasteiger partial charge is 0.588 e. The Morgan fingerprint density at radius 2 is 1.66 bits per heavy atom. The van der Waals surface area contributed by atoms with Gasteiger partial charge in [-0.2, -0.15) is 4.31 Å². The van der Waals surface area contributed by atoms with Gasteiger partial charge in [0.25, 0.3) is 5.91 Å². The van der Waals surface area contributed by atoms with Crippen LogP contribution in [0.3, 0.4) is 0 Å². The van der Waals surface area contributed by atoms with Gasteiger partial charge in [0.1, 0.15) is 5.69 Å². The molecule has 0 bridgehead atoms. The number of carbonyl (C=O) groups excluding carboxylic acids is 1. The van der Waals surface area contributed by atoms with Crippen LogP contribution in [0.5, 0.6) is 0 Å². The number of carbonyl (C=O) groups is 1. The average Bonchev–Trinajstić information content (AvgIpc) is 2.92. The van der Waals surface area contributed by atoms with Crippen molar-refractivity contribution in [3.63, 3.8) is 0 Å². The van der Waals surface area contributed by atoms with Crippen molar-refractivity contribution in [1.82, 2.24) is 15.3 Å². The fraction of sp³-hybridized carbons (Fsp3) is 0.148. The standard InChI is InChI=1S/C27H24N4O3S/c32-27(30-26(20-9-3-1-4-10-20)21-11-5-2-6-12-21)22-17-25-24(29-18-22)14-8-16-31(25)35(33,34)23-13-7-15-28-19-23/h1-7,9-13,15,17-19,26H,8,14,16H2,(H-,30,32,33,34). The van der Waals surface area contributed by atoms with E-state index in [9.17, 15) is 13.6 Å². The lowest BCUT2D eigenvalue weighted by Crippen LogP contribution is -2.40. The molecule has 8 heteroatoms. The highest BCUT2D eigenvalue weighted by Crippen LogP contribution is 2.34. The van der Waals surface area contributed by atoms with Gasteiger partial charge in [-0.1, -0.05) is 64.9 Å². The maximum absolute atomic E-state index is 13.4. The van der Waals surface area contributed by atoms with E-state index < -0.39 is 10.4 Å². The van der Waals surface area contributed by atoms with Gasteiger partial charge >= 0.3 is 0 Å². The number of nitrogens with zero attached hydrogens (tertiary/aromatic N) is 3. The summed E-state index contributed by atoms with van der Waals surface area (Å²) in [5.41, 5.74) is 3.28. The third kappa shape index (κ3) is 4.71. The molecule has 35 heavy (non-hydrogen) atoms. The van der Waals surface area contributed by atoms with Gasteiger partial charge in [-0.05, 0) is 42.2 Å². The van der Waals surface area contributed by atoms with Gasteiger partial charge in [0, 0.05) is 12.4 Å². The molecule has 1 unspecified atom stereocenters. The van der Waals surface area contributed by atoms with E-state index in [1.54, 1.807) is 12.1 Å². The van der Waals surface area contributed by atoms with Crippen molar-refractivity contribution in [2.24, 2.45) is 0 Å². The number of nitrogens with one attached hydrogen (secondary N) is 1. The van der Waals surface area contributed by atoms with Crippen molar-refractivity contribution in [2.45, 2.75) is 23.8 Å². The molecule has 2 aromatic carbocycles. The number of aromatic nitrogens is 2. The van der Waals surface area contributed by atoms with Crippen LogP contribution in [0.25, 0.3) is 0 Å². The Morgan fingerprint density at radius 3 is 2.29 bits per heavy atom. The van der Waals surface area contributed by atoms with Crippen LogP contribution in [-0.2, 0) is 21.0 Å². The molecule has 1 aliphatic heterocycles. The van der Waals surface area contributed by atoms with Crippen molar-refractivity contribution in [1.29, 1.82) is 0 Å². The van der Waals surface area contributed by atoms with Gasteiger partial charge in [0.15, 0.2) is 15.3 Å². The molecule has 5 rings (SSSR count). The number of benzene rings is 2. The average molecular weight is 485 g/mol. The maximum Gasteiger partial charge on any atom is 0.253 e. The first-order valence-corrected chi connectivity index (χ1v) is 12.8. The van der Waals surface area contributed by atoms with E-state index in [4.69, 9.17) is 0 Å². The highest BCUT2D eigenvalue weighted by molar-refractivity contribution is 7.99. The molecule has 1 amide bonds. The first kappa shape index (κ1) is 22.9. The topological polar surface area (TPSA) is 98.2 Å². The highest BCUT2D eigenvalue weighted by Gasteiger charge is 2.35. The van der Waals surface area contributed by atoms with Gasteiger partial charge in [-0.15, -0.1) is 0 Å². The number of aryl methyl sites for hydroxylation is 1. The van der Waals surface area contributed by atoms with Crippen LogP contribution in [0.2, 0.25) is 0 Å². The second-order valence-electron chi connectivity index (χ2n) is 8.29. The Balaban J connectivity index is 1.48. The summed E-state index contributed by atoms with van der Waals surface area (Å²) in [7, 11) is -3.83. The van der Waals surface area contributed by atoms with Crippen molar-refractivity contribution in [3.05, 3.63) is 120 Å². The van der Waals surface area contributed by atoms with E-state index >= 15 is 0 Å². The van der Waals surface area contributed by atoms with Crippen LogP contribution in [-0.4, -0.2) is 27.0 Å². The molecule has 0 radical (unpaired) electrons. The fourth-order valence-electron chi connectivity index (χ4n) is 4.27. The first-order chi connectivity index (χ1) is 17.0. The van der Waals surface area contributed by atoms with E-state index in [-0.39, 0.29) is 16.8 Å². The lowest BCUT2D eigenvalue weighted by atomic mass is 9.98. The van der Waals surface area contributed by atoms with E-state index in [0.717, 1.165) is 11.1 Å². The summed E-state index contributed by atoms with van der Waals surface area (Å²) in [6, 6.07) is 23.8. The van der Waals surface area contributed by atoms with E-state index in [1.807, 2.05) is 60.7 Å². The molecule has 7 nitrogen and oxygen atoms in total. The second-order valence-corrected chi connectivity index (χ2v) is 10.1. The predicted octanol–water partition coefficient (Wildman–Crippen LogP) is 4.35. The number of hydrogen-bond donors (Lipinski definition) is 1. The number of sulfonamides is 1. The van der Waals surface area contributed by atoms with Crippen LogP contribution in [0.4, 0.5) is 5.69 Å². The van der Waals surface area contributed by atoms with Crippen LogP contribution >= 0.6 is 0 Å². The maximum atomic E-state index is 13.4. The van der Waals surface area contributed by atoms with Crippen LogP contribution < -0.4 is 9.62 Å². The molecule has 0 saturated heterocycles. The zero-order chi connectivity index (χ0) is 24.3. The minimum atomic E-state index is -3.83. The smallest absolute Gasteiger partial charge is 0.253 e. The molecule has 2 aromatic heterocycles. The van der Waals surface area contributed by atoms with Gasteiger partial charge in [0.2, 0.25) is 0 Å². The minimum Gasteiger partial charge on any atom is -0.588 e. The van der Waals surface area contributed by atoms with Crippen LogP contribution in [0.1, 0.15) is 39.6 Å². The summed E-state index contributed by atoms with van der Waals surface area (Å²) < 4.78 is 28.0. The molecular formula is C27H24N4O3S. The molecule has 0 saturated carbocycles. The van der Waals surface area contributed by atoms with Crippen molar-refractivity contribution >= 4 is 22.0 Å². The third-order valence-corrected chi connectivity index (χ3v) is 7.81. The molecule has 1 N–H and O–H groups in total. The third-order valence-electron chi connectivity index (χ3n) is 6.02. The van der Waals surface area contributed by atoms with E-state index in [0.29, 0.717) is 36.3 Å². The SMILES string of the molecule is O=C(NC(c1ccccc1)c1ccccc1)c1cnc2c(c1)N([S+](=O)([O-])c1cccnc1)CCC2. The molecule has 0 aliphatic carbocycles. The summed E-state index contributed by atoms with van der Waals surface area (Å²) in [5.74, 6) is -0.331.